The molecule has 8 nitrogen and oxygen atoms in total. The summed E-state index contributed by atoms with van der Waals surface area (Å²) < 4.78 is 19.4. The lowest BCUT2D eigenvalue weighted by Crippen LogP contribution is -2.38. The van der Waals surface area contributed by atoms with E-state index in [1.54, 1.807) is 13.1 Å². The highest BCUT2D eigenvalue weighted by Crippen LogP contribution is 2.31. The van der Waals surface area contributed by atoms with Crippen molar-refractivity contribution >= 4 is 27.5 Å². The third kappa shape index (κ3) is 4.03. The van der Waals surface area contributed by atoms with Crippen molar-refractivity contribution in [1.29, 1.82) is 0 Å². The fraction of sp³-hybridized carbons (Fsp3) is 0.208. The zero-order chi connectivity index (χ0) is 22.9. The van der Waals surface area contributed by atoms with Crippen molar-refractivity contribution in [3.05, 3.63) is 91.9 Å². The molecular formula is C24H20N2O6S. The first-order chi connectivity index (χ1) is 16.0. The van der Waals surface area contributed by atoms with E-state index in [0.717, 1.165) is 16.9 Å². The van der Waals surface area contributed by atoms with Crippen LogP contribution in [0.15, 0.2) is 70.3 Å². The molecular weight excluding hydrogens is 444 g/mol. The van der Waals surface area contributed by atoms with Crippen LogP contribution in [0.3, 0.4) is 0 Å². The highest BCUT2D eigenvalue weighted by atomic mass is 32.1. The van der Waals surface area contributed by atoms with Gasteiger partial charge in [-0.15, -0.1) is 11.3 Å². The molecule has 1 atom stereocenters. The van der Waals surface area contributed by atoms with Gasteiger partial charge in [-0.2, -0.15) is 0 Å². The first kappa shape index (κ1) is 21.0. The summed E-state index contributed by atoms with van der Waals surface area (Å²) in [5.74, 6) is 0.665. The highest BCUT2D eigenvalue weighted by Gasteiger charge is 2.24. The van der Waals surface area contributed by atoms with Gasteiger partial charge in [0.1, 0.15) is 22.9 Å². The van der Waals surface area contributed by atoms with Gasteiger partial charge in [-0.05, 0) is 23.8 Å². The fourth-order valence-corrected chi connectivity index (χ4v) is 4.67. The van der Waals surface area contributed by atoms with Gasteiger partial charge >= 0.3 is 11.7 Å². The van der Waals surface area contributed by atoms with Crippen molar-refractivity contribution < 1.29 is 19.0 Å². The molecule has 0 spiro atoms. The smallest absolute Gasteiger partial charge is 0.348 e. The molecule has 1 aliphatic heterocycles. The molecule has 0 radical (unpaired) electrons. The third-order valence-electron chi connectivity index (χ3n) is 5.36. The van der Waals surface area contributed by atoms with E-state index < -0.39 is 23.3 Å². The summed E-state index contributed by atoms with van der Waals surface area (Å²) in [6.45, 7) is 0.409. The fourth-order valence-electron chi connectivity index (χ4n) is 3.67. The van der Waals surface area contributed by atoms with Gasteiger partial charge in [0.05, 0.1) is 11.9 Å². The molecule has 0 amide bonds. The van der Waals surface area contributed by atoms with Crippen LogP contribution in [0.4, 0.5) is 0 Å². The summed E-state index contributed by atoms with van der Waals surface area (Å²) in [7, 11) is 1.59. The largest absolute Gasteiger partial charge is 0.486 e. The number of carbonyl (C=O) groups is 1. The molecule has 9 heteroatoms. The van der Waals surface area contributed by atoms with E-state index in [1.807, 2.05) is 48.5 Å². The van der Waals surface area contributed by atoms with E-state index in [9.17, 15) is 14.4 Å². The Morgan fingerprint density at radius 2 is 1.82 bits per heavy atom. The maximum absolute atomic E-state index is 13.0. The molecule has 4 aromatic rings. The number of carbonyl (C=O) groups excluding carboxylic acids is 1. The van der Waals surface area contributed by atoms with Crippen molar-refractivity contribution in [3.63, 3.8) is 0 Å². The molecule has 0 saturated heterocycles. The Labute approximate surface area is 192 Å². The number of hydrogen-bond donors (Lipinski definition) is 0. The van der Waals surface area contributed by atoms with E-state index >= 15 is 0 Å². The van der Waals surface area contributed by atoms with Gasteiger partial charge < -0.3 is 14.2 Å². The van der Waals surface area contributed by atoms with Gasteiger partial charge in [0.15, 0.2) is 17.6 Å². The zero-order valence-electron chi connectivity index (χ0n) is 17.7. The Bertz CT molecular complexity index is 1450. The average Bonchev–Trinajstić information content (AvgIpc) is 3.30. The Morgan fingerprint density at radius 3 is 2.61 bits per heavy atom. The minimum absolute atomic E-state index is 0.00141. The van der Waals surface area contributed by atoms with Gasteiger partial charge in [-0.1, -0.05) is 42.5 Å². The Hall–Kier alpha value is -3.85. The highest BCUT2D eigenvalue weighted by molar-refractivity contribution is 7.20. The molecule has 1 unspecified atom stereocenters. The van der Waals surface area contributed by atoms with Crippen molar-refractivity contribution in [2.24, 2.45) is 7.05 Å². The number of aryl methyl sites for hydroxylation is 1. The molecule has 1 aliphatic rings. The second-order valence-electron chi connectivity index (χ2n) is 7.64. The van der Waals surface area contributed by atoms with Gasteiger partial charge in [-0.25, -0.2) is 9.59 Å². The molecule has 0 aliphatic carbocycles. The first-order valence-electron chi connectivity index (χ1n) is 10.3. The number of nitrogens with zero attached hydrogens (tertiary/aromatic N) is 2. The first-order valence-corrected chi connectivity index (χ1v) is 11.2. The van der Waals surface area contributed by atoms with Gasteiger partial charge in [0, 0.05) is 7.05 Å². The molecule has 168 valence electrons. The van der Waals surface area contributed by atoms with Crippen LogP contribution in [0, 0.1) is 0 Å². The molecule has 0 fully saturated rings. The van der Waals surface area contributed by atoms with Gasteiger partial charge in [-0.3, -0.25) is 13.9 Å². The minimum atomic E-state index is -0.583. The number of thiophene rings is 1. The summed E-state index contributed by atoms with van der Waals surface area (Å²) in [4.78, 5) is 39.2. The Morgan fingerprint density at radius 1 is 1.09 bits per heavy atom. The number of ether oxygens (including phenoxy) is 3. The maximum atomic E-state index is 13.0. The second kappa shape index (κ2) is 8.59. The number of rotatable bonds is 5. The van der Waals surface area contributed by atoms with Crippen LogP contribution in [0.2, 0.25) is 0 Å². The van der Waals surface area contributed by atoms with Crippen molar-refractivity contribution in [1.82, 2.24) is 9.13 Å². The Balaban J connectivity index is 1.36. The van der Waals surface area contributed by atoms with Crippen LogP contribution in [0.1, 0.15) is 15.2 Å². The summed E-state index contributed by atoms with van der Waals surface area (Å²) in [5.41, 5.74) is -0.0420. The average molecular weight is 464 g/mol. The number of hydrogen-bond acceptors (Lipinski definition) is 7. The predicted molar refractivity (Wildman–Crippen MR) is 124 cm³/mol. The predicted octanol–water partition coefficient (Wildman–Crippen LogP) is 2.81. The number of esters is 1. The van der Waals surface area contributed by atoms with Crippen molar-refractivity contribution in [2.75, 3.05) is 13.2 Å². The SMILES string of the molecule is Cn1c(=O)n(Cc2ccccc2)c(=O)c2cc(C(=O)OCC3COc4ccccc4O3)sc21. The van der Waals surface area contributed by atoms with E-state index in [-0.39, 0.29) is 24.6 Å². The van der Waals surface area contributed by atoms with Crippen molar-refractivity contribution in [3.8, 4) is 11.5 Å². The van der Waals surface area contributed by atoms with Crippen LogP contribution in [0.25, 0.3) is 10.2 Å². The molecule has 0 saturated carbocycles. The summed E-state index contributed by atoms with van der Waals surface area (Å²) in [6.07, 6.45) is -0.439. The second-order valence-corrected chi connectivity index (χ2v) is 8.67. The normalized spacial score (nSPS) is 14.9. The van der Waals surface area contributed by atoms with E-state index in [1.165, 1.54) is 15.2 Å². The van der Waals surface area contributed by atoms with Crippen LogP contribution in [-0.2, 0) is 18.3 Å². The Kier molecular flexibility index (Phi) is 5.47. The van der Waals surface area contributed by atoms with Crippen LogP contribution in [-0.4, -0.2) is 34.4 Å². The molecule has 33 heavy (non-hydrogen) atoms. The lowest BCUT2D eigenvalue weighted by molar-refractivity contribution is 0.0113. The van der Waals surface area contributed by atoms with Crippen LogP contribution in [0.5, 0.6) is 11.5 Å². The monoisotopic (exact) mass is 464 g/mol. The summed E-state index contributed by atoms with van der Waals surface area (Å²) in [5, 5.41) is 0.302. The lowest BCUT2D eigenvalue weighted by Gasteiger charge is -2.25. The molecule has 5 rings (SSSR count). The molecule has 2 aromatic heterocycles. The summed E-state index contributed by atoms with van der Waals surface area (Å²) >= 11 is 1.05. The molecule has 2 aromatic carbocycles. The summed E-state index contributed by atoms with van der Waals surface area (Å²) in [6, 6.07) is 18.0. The standard InChI is InChI=1S/C24H20N2O6S/c1-25-22-17(21(27)26(24(25)29)12-15-7-3-2-4-8-15)11-20(33-22)23(28)31-14-16-13-30-18-9-5-6-10-19(18)32-16/h2-11,16H,12-14H2,1H3. The van der Waals surface area contributed by atoms with Crippen molar-refractivity contribution in [2.45, 2.75) is 12.6 Å². The molecule has 0 N–H and O–H groups in total. The number of fused-ring (bicyclic) bond motifs is 2. The number of para-hydroxylation sites is 2. The lowest BCUT2D eigenvalue weighted by atomic mass is 10.2. The maximum Gasteiger partial charge on any atom is 0.348 e. The van der Waals surface area contributed by atoms with Crippen LogP contribution < -0.4 is 20.7 Å². The van der Waals surface area contributed by atoms with E-state index in [4.69, 9.17) is 14.2 Å². The minimum Gasteiger partial charge on any atom is -0.486 e. The van der Waals surface area contributed by atoms with E-state index in [2.05, 4.69) is 0 Å². The number of aromatic nitrogens is 2. The zero-order valence-corrected chi connectivity index (χ0v) is 18.5. The van der Waals surface area contributed by atoms with E-state index in [0.29, 0.717) is 21.7 Å². The number of benzene rings is 2. The molecule has 3 heterocycles. The quantitative estimate of drug-likeness (QED) is 0.422. The molecule has 0 bridgehead atoms. The van der Waals surface area contributed by atoms with Crippen LogP contribution >= 0.6 is 11.3 Å². The van der Waals surface area contributed by atoms with Gasteiger partial charge in [0.2, 0.25) is 0 Å². The van der Waals surface area contributed by atoms with Gasteiger partial charge in [0.25, 0.3) is 5.56 Å². The topological polar surface area (TPSA) is 88.8 Å². The third-order valence-corrected chi connectivity index (χ3v) is 6.55.